The van der Waals surface area contributed by atoms with Crippen LogP contribution >= 0.6 is 22.7 Å². The number of phenolic OH excluding ortho intramolecular Hbond substituents is 2. The van der Waals surface area contributed by atoms with Crippen LogP contribution in [0.3, 0.4) is 0 Å². The molecule has 2 aromatic heterocycles. The highest BCUT2D eigenvalue weighted by atomic mass is 32.1. The maximum absolute atomic E-state index is 10.3. The maximum Gasteiger partial charge on any atom is 0.230 e. The average Bonchev–Trinajstić information content (AvgIpc) is 3.57. The van der Waals surface area contributed by atoms with Gasteiger partial charge in [0.15, 0.2) is 0 Å². The summed E-state index contributed by atoms with van der Waals surface area (Å²) in [5.74, 6) is 0.0572. The molecule has 0 saturated heterocycles. The number of thiazole rings is 2. The van der Waals surface area contributed by atoms with Crippen LogP contribution in [0.2, 0.25) is 0 Å². The van der Waals surface area contributed by atoms with Crippen LogP contribution < -0.4 is 9.80 Å². The third kappa shape index (κ3) is 6.47. The van der Waals surface area contributed by atoms with Crippen LogP contribution in [0.5, 0.6) is 11.5 Å². The maximum atomic E-state index is 10.3. The lowest BCUT2D eigenvalue weighted by molar-refractivity contribution is 0.476. The van der Waals surface area contributed by atoms with E-state index in [1.165, 1.54) is 22.7 Å². The van der Waals surface area contributed by atoms with Crippen molar-refractivity contribution in [2.75, 3.05) is 37.0 Å². The molecule has 0 amide bonds. The summed E-state index contributed by atoms with van der Waals surface area (Å²) in [6.07, 6.45) is 6.94. The molecule has 194 valence electrons. The predicted octanol–water partition coefficient (Wildman–Crippen LogP) is 7.75. The lowest BCUT2D eigenvalue weighted by atomic mass is 10.2. The highest BCUT2D eigenvalue weighted by Crippen LogP contribution is 2.39. The minimum atomic E-state index is 0.0286. The number of rotatable bonds is 11. The third-order valence-corrected chi connectivity index (χ3v) is 7.28. The van der Waals surface area contributed by atoms with Crippen LogP contribution in [0.15, 0.2) is 94.6 Å². The fraction of sp³-hybridized carbons (Fsp3) is 0.154. The lowest BCUT2D eigenvalue weighted by Crippen LogP contribution is -2.16. The van der Waals surface area contributed by atoms with Gasteiger partial charge in [-0.05, 0) is 24.3 Å². The number of benzene rings is 2. The fourth-order valence-corrected chi connectivity index (χ4v) is 4.84. The van der Waals surface area contributed by atoms with E-state index in [0.29, 0.717) is 34.7 Å². The molecule has 0 atom stereocenters. The molecule has 38 heavy (non-hydrogen) atoms. The number of aromatic hydroxyl groups is 2. The Bertz CT molecular complexity index is 1380. The molecule has 0 aliphatic carbocycles. The number of hydrogen-bond acceptors (Lipinski definition) is 12. The van der Waals surface area contributed by atoms with E-state index in [-0.39, 0.29) is 11.5 Å². The van der Waals surface area contributed by atoms with Gasteiger partial charge in [0, 0.05) is 63.1 Å². The Morgan fingerprint density at radius 3 is 1.53 bits per heavy atom. The molecule has 2 N–H and O–H groups in total. The normalized spacial score (nSPS) is 11.3. The van der Waals surface area contributed by atoms with Crippen molar-refractivity contribution in [2.45, 2.75) is 0 Å². The third-order valence-electron chi connectivity index (χ3n) is 5.32. The first-order chi connectivity index (χ1) is 18.4. The summed E-state index contributed by atoms with van der Waals surface area (Å²) in [6.45, 7) is 8.76. The van der Waals surface area contributed by atoms with Crippen molar-refractivity contribution in [3.8, 4) is 21.3 Å². The Morgan fingerprint density at radius 2 is 1.16 bits per heavy atom. The molecule has 10 nitrogen and oxygen atoms in total. The number of phenols is 2. The van der Waals surface area contributed by atoms with Crippen LogP contribution in [0.4, 0.5) is 33.0 Å². The first kappa shape index (κ1) is 26.6. The van der Waals surface area contributed by atoms with Gasteiger partial charge >= 0.3 is 0 Å². The quantitative estimate of drug-likeness (QED) is 0.146. The first-order valence-corrected chi connectivity index (χ1v) is 13.1. The molecule has 12 heteroatoms. The van der Waals surface area contributed by atoms with Crippen molar-refractivity contribution in [2.24, 2.45) is 20.5 Å². The average molecular weight is 547 g/mol. The van der Waals surface area contributed by atoms with Crippen molar-refractivity contribution >= 4 is 55.7 Å². The van der Waals surface area contributed by atoms with Crippen LogP contribution in [0, 0.1) is 0 Å². The van der Waals surface area contributed by atoms with Crippen LogP contribution in [0.25, 0.3) is 9.75 Å². The summed E-state index contributed by atoms with van der Waals surface area (Å²) >= 11 is 2.68. The molecule has 0 spiro atoms. The van der Waals surface area contributed by atoms with E-state index < -0.39 is 0 Å². The summed E-state index contributed by atoms with van der Waals surface area (Å²) in [5.41, 5.74) is 2.39. The fourth-order valence-electron chi connectivity index (χ4n) is 3.31. The zero-order chi connectivity index (χ0) is 27.1. The van der Waals surface area contributed by atoms with Crippen molar-refractivity contribution < 1.29 is 10.2 Å². The lowest BCUT2D eigenvalue weighted by Gasteiger charge is -2.17. The molecule has 0 unspecified atom stereocenters. The SMILES string of the molecule is C=CCN(C)c1ccc(/N=N/c2ncc(-c3cnc(/N=N/c4ccc(N(C)CC=C)cc4O)s3)s2)c(O)c1. The van der Waals surface area contributed by atoms with Crippen LogP contribution in [-0.2, 0) is 0 Å². The number of azo groups is 2. The molecule has 2 aromatic carbocycles. The van der Waals surface area contributed by atoms with Gasteiger partial charge in [-0.25, -0.2) is 9.97 Å². The molecule has 0 fully saturated rings. The minimum Gasteiger partial charge on any atom is -0.506 e. The van der Waals surface area contributed by atoms with E-state index in [4.69, 9.17) is 0 Å². The summed E-state index contributed by atoms with van der Waals surface area (Å²) in [7, 11) is 3.82. The van der Waals surface area contributed by atoms with E-state index in [1.807, 2.05) is 36.0 Å². The van der Waals surface area contributed by atoms with Crippen molar-refractivity contribution in [3.63, 3.8) is 0 Å². The van der Waals surface area contributed by atoms with Gasteiger partial charge in [-0.15, -0.1) is 33.6 Å². The van der Waals surface area contributed by atoms with E-state index in [2.05, 4.69) is 43.6 Å². The Morgan fingerprint density at radius 1 is 0.737 bits per heavy atom. The van der Waals surface area contributed by atoms with Gasteiger partial charge in [0.2, 0.25) is 10.3 Å². The van der Waals surface area contributed by atoms with Crippen molar-refractivity contribution in [1.29, 1.82) is 0 Å². The molecular weight excluding hydrogens is 520 g/mol. The molecule has 2 heterocycles. The van der Waals surface area contributed by atoms with Gasteiger partial charge in [-0.1, -0.05) is 34.8 Å². The van der Waals surface area contributed by atoms with E-state index in [9.17, 15) is 10.2 Å². The Balaban J connectivity index is 1.42. The van der Waals surface area contributed by atoms with Gasteiger partial charge in [0.1, 0.15) is 22.9 Å². The monoisotopic (exact) mass is 546 g/mol. The highest BCUT2D eigenvalue weighted by molar-refractivity contribution is 7.25. The molecule has 0 radical (unpaired) electrons. The first-order valence-electron chi connectivity index (χ1n) is 11.4. The van der Waals surface area contributed by atoms with Crippen molar-refractivity contribution in [1.82, 2.24) is 9.97 Å². The van der Waals surface area contributed by atoms with Gasteiger partial charge in [0.05, 0.1) is 9.75 Å². The minimum absolute atomic E-state index is 0.0286. The Hall–Kier alpha value is -4.42. The van der Waals surface area contributed by atoms with Crippen LogP contribution in [0.1, 0.15) is 0 Å². The van der Waals surface area contributed by atoms with E-state index in [0.717, 1.165) is 21.1 Å². The second-order valence-corrected chi connectivity index (χ2v) is 10.1. The second-order valence-electron chi connectivity index (χ2n) is 8.10. The molecule has 0 aliphatic heterocycles. The number of likely N-dealkylation sites (N-methyl/N-ethyl adjacent to an activating group) is 2. The summed E-state index contributed by atoms with van der Waals surface area (Å²) in [4.78, 5) is 14.2. The molecule has 0 bridgehead atoms. The number of aromatic nitrogens is 2. The van der Waals surface area contributed by atoms with Gasteiger partial charge in [0.25, 0.3) is 0 Å². The Labute approximate surface area is 228 Å². The van der Waals surface area contributed by atoms with Gasteiger partial charge in [-0.3, -0.25) is 0 Å². The smallest absolute Gasteiger partial charge is 0.230 e. The number of hydrogen-bond donors (Lipinski definition) is 2. The predicted molar refractivity (Wildman–Crippen MR) is 155 cm³/mol. The van der Waals surface area contributed by atoms with Gasteiger partial charge < -0.3 is 20.0 Å². The molecule has 4 aromatic rings. The molecule has 0 aliphatic rings. The number of nitrogens with zero attached hydrogens (tertiary/aromatic N) is 8. The summed E-state index contributed by atoms with van der Waals surface area (Å²) in [5, 5.41) is 38.1. The molecule has 4 rings (SSSR count). The standard InChI is InChI=1S/C26H26N8O2S2/c1-5-11-33(3)17-7-9-19(21(35)13-17)29-31-25-27-15-23(37-25)24-16-28-26(38-24)32-30-20-10-8-18(14-22(20)36)34(4)12-6-2/h5-10,13-16,35-36H,1-2,11-12H2,3-4H3/b31-29+,32-30+. The zero-order valence-electron chi connectivity index (χ0n) is 20.9. The van der Waals surface area contributed by atoms with E-state index >= 15 is 0 Å². The van der Waals surface area contributed by atoms with Gasteiger partial charge in [-0.2, -0.15) is 0 Å². The van der Waals surface area contributed by atoms with E-state index in [1.54, 1.807) is 48.8 Å². The largest absolute Gasteiger partial charge is 0.506 e. The van der Waals surface area contributed by atoms with Crippen molar-refractivity contribution in [3.05, 3.63) is 74.1 Å². The molecular formula is C26H26N8O2S2. The topological polar surface area (TPSA) is 122 Å². The second kappa shape index (κ2) is 12.2. The van der Waals surface area contributed by atoms with Crippen LogP contribution in [-0.4, -0.2) is 47.4 Å². The Kier molecular flexibility index (Phi) is 8.56. The highest BCUT2D eigenvalue weighted by Gasteiger charge is 2.10. The summed E-state index contributed by atoms with van der Waals surface area (Å²) < 4.78 is 0. The number of anilines is 2. The zero-order valence-corrected chi connectivity index (χ0v) is 22.5. The summed E-state index contributed by atoms with van der Waals surface area (Å²) in [6, 6.07) is 10.4. The molecule has 0 saturated carbocycles.